The maximum atomic E-state index is 11.1. The second kappa shape index (κ2) is 5.93. The Morgan fingerprint density at radius 2 is 2.11 bits per heavy atom. The number of aromatic carboxylic acids is 1. The van der Waals surface area contributed by atoms with Gasteiger partial charge < -0.3 is 5.11 Å². The highest BCUT2D eigenvalue weighted by Gasteiger charge is 2.14. The number of nitrogens with zero attached hydrogens (tertiary/aromatic N) is 2. The van der Waals surface area contributed by atoms with Crippen LogP contribution in [-0.2, 0) is 18.6 Å². The molecule has 0 radical (unpaired) electrons. The Morgan fingerprint density at radius 1 is 1.37 bits per heavy atom. The van der Waals surface area contributed by atoms with Gasteiger partial charge in [0.25, 0.3) is 0 Å². The zero-order chi connectivity index (χ0) is 13.8. The molecule has 0 aliphatic heterocycles. The summed E-state index contributed by atoms with van der Waals surface area (Å²) in [5.74, 6) is 0.600. The summed E-state index contributed by atoms with van der Waals surface area (Å²) in [4.78, 5) is 11.1. The molecule has 0 aliphatic carbocycles. The molecule has 0 saturated carbocycles. The van der Waals surface area contributed by atoms with Crippen molar-refractivity contribution in [2.24, 2.45) is 7.05 Å². The maximum Gasteiger partial charge on any atom is 0.339 e. The second-order valence-corrected chi connectivity index (χ2v) is 5.34. The van der Waals surface area contributed by atoms with E-state index in [-0.39, 0.29) is 0 Å². The van der Waals surface area contributed by atoms with Crippen molar-refractivity contribution in [3.05, 3.63) is 52.8 Å². The first-order valence-electron chi connectivity index (χ1n) is 5.96. The van der Waals surface area contributed by atoms with Crippen LogP contribution in [0.5, 0.6) is 0 Å². The predicted molar refractivity (Wildman–Crippen MR) is 76.3 cm³/mol. The van der Waals surface area contributed by atoms with E-state index in [4.69, 9.17) is 5.11 Å². The molecular weight excluding hydrogens is 260 g/mol. The highest BCUT2D eigenvalue weighted by Crippen LogP contribution is 2.21. The summed E-state index contributed by atoms with van der Waals surface area (Å²) in [6, 6.07) is 8.23. The number of carbonyl (C=O) groups is 1. The first-order chi connectivity index (χ1) is 9.09. The number of hydrogen-bond donors (Lipinski definition) is 1. The van der Waals surface area contributed by atoms with Crippen LogP contribution in [0.1, 0.15) is 27.2 Å². The molecule has 19 heavy (non-hydrogen) atoms. The van der Waals surface area contributed by atoms with Crippen molar-refractivity contribution >= 4 is 17.7 Å². The van der Waals surface area contributed by atoms with E-state index in [9.17, 15) is 4.79 Å². The minimum Gasteiger partial charge on any atom is -0.478 e. The minimum atomic E-state index is -0.917. The molecule has 0 aliphatic rings. The quantitative estimate of drug-likeness (QED) is 0.912. The Hall–Kier alpha value is -1.75. The Balaban J connectivity index is 2.02. The van der Waals surface area contributed by atoms with Crippen LogP contribution >= 0.6 is 11.8 Å². The number of hydrogen-bond acceptors (Lipinski definition) is 3. The summed E-state index contributed by atoms with van der Waals surface area (Å²) < 4.78 is 1.63. The Morgan fingerprint density at radius 3 is 2.79 bits per heavy atom. The van der Waals surface area contributed by atoms with E-state index in [0.29, 0.717) is 11.3 Å². The van der Waals surface area contributed by atoms with Gasteiger partial charge in [0.05, 0.1) is 11.9 Å². The van der Waals surface area contributed by atoms with Crippen molar-refractivity contribution in [1.29, 1.82) is 0 Å². The van der Waals surface area contributed by atoms with Crippen molar-refractivity contribution in [2.45, 2.75) is 18.4 Å². The first-order valence-corrected chi connectivity index (χ1v) is 7.11. The van der Waals surface area contributed by atoms with E-state index in [1.807, 2.05) is 12.1 Å². The lowest BCUT2D eigenvalue weighted by Crippen LogP contribution is -2.03. The fraction of sp³-hybridized carbons (Fsp3) is 0.286. The van der Waals surface area contributed by atoms with Crippen molar-refractivity contribution < 1.29 is 9.90 Å². The third-order valence-corrected chi connectivity index (χ3v) is 4.04. The van der Waals surface area contributed by atoms with Crippen LogP contribution in [0.3, 0.4) is 0 Å². The number of aryl methyl sites for hydroxylation is 2. The summed E-state index contributed by atoms with van der Waals surface area (Å²) in [7, 11) is 1.77. The normalized spacial score (nSPS) is 10.6. The molecule has 5 heteroatoms. The van der Waals surface area contributed by atoms with Gasteiger partial charge in [-0.2, -0.15) is 16.9 Å². The summed E-state index contributed by atoms with van der Waals surface area (Å²) in [6.45, 7) is 2.09. The summed E-state index contributed by atoms with van der Waals surface area (Å²) in [5.41, 5.74) is 3.59. The molecule has 100 valence electrons. The molecule has 1 N–H and O–H groups in total. The summed E-state index contributed by atoms with van der Waals surface area (Å²) in [6.07, 6.45) is 1.41. The smallest absolute Gasteiger partial charge is 0.339 e. The molecule has 0 atom stereocenters. The van der Waals surface area contributed by atoms with E-state index in [1.165, 1.54) is 17.3 Å². The third kappa shape index (κ3) is 3.17. The summed E-state index contributed by atoms with van der Waals surface area (Å²) >= 11 is 1.70. The topological polar surface area (TPSA) is 55.1 Å². The van der Waals surface area contributed by atoms with E-state index in [0.717, 1.165) is 11.4 Å². The monoisotopic (exact) mass is 276 g/mol. The molecule has 0 saturated heterocycles. The average molecular weight is 276 g/mol. The predicted octanol–water partition coefficient (Wildman–Crippen LogP) is 2.86. The highest BCUT2D eigenvalue weighted by atomic mass is 32.2. The molecule has 1 aromatic carbocycles. The number of thioether (sulfide) groups is 1. The molecule has 0 spiro atoms. The average Bonchev–Trinajstić information content (AvgIpc) is 2.74. The van der Waals surface area contributed by atoms with Crippen LogP contribution in [0.2, 0.25) is 0 Å². The fourth-order valence-electron chi connectivity index (χ4n) is 1.84. The molecule has 2 rings (SSSR count). The van der Waals surface area contributed by atoms with E-state index >= 15 is 0 Å². The van der Waals surface area contributed by atoms with Gasteiger partial charge in [0.1, 0.15) is 5.56 Å². The Bertz CT molecular complexity index is 593. The van der Waals surface area contributed by atoms with Gasteiger partial charge in [0.15, 0.2) is 0 Å². The fourth-order valence-corrected chi connectivity index (χ4v) is 3.02. The van der Waals surface area contributed by atoms with Gasteiger partial charge in [-0.05, 0) is 18.1 Å². The van der Waals surface area contributed by atoms with Crippen LogP contribution in [0.25, 0.3) is 0 Å². The van der Waals surface area contributed by atoms with Gasteiger partial charge in [0, 0.05) is 18.6 Å². The molecule has 0 unspecified atom stereocenters. The molecule has 0 amide bonds. The number of carboxylic acid groups (broad SMARTS) is 1. The van der Waals surface area contributed by atoms with Crippen molar-refractivity contribution in [3.63, 3.8) is 0 Å². The van der Waals surface area contributed by atoms with Crippen molar-refractivity contribution in [2.75, 3.05) is 0 Å². The molecule has 4 nitrogen and oxygen atoms in total. The lowest BCUT2D eigenvalue weighted by atomic mass is 10.1. The lowest BCUT2D eigenvalue weighted by molar-refractivity contribution is 0.0696. The zero-order valence-electron chi connectivity index (χ0n) is 11.0. The van der Waals surface area contributed by atoms with Gasteiger partial charge in [-0.15, -0.1) is 0 Å². The van der Waals surface area contributed by atoms with Gasteiger partial charge in [0.2, 0.25) is 0 Å². The standard InChI is InChI=1S/C14H16N2O2S/c1-10-5-3-4-6-11(10)8-19-9-13-12(14(17)18)7-15-16(13)2/h3-7H,8-9H2,1-2H3,(H,17,18). The Labute approximate surface area is 116 Å². The van der Waals surface area contributed by atoms with Crippen LogP contribution in [0, 0.1) is 6.92 Å². The first kappa shape index (κ1) is 13.7. The number of carboxylic acids is 1. The van der Waals surface area contributed by atoms with Crippen molar-refractivity contribution in [1.82, 2.24) is 9.78 Å². The van der Waals surface area contributed by atoms with Gasteiger partial charge >= 0.3 is 5.97 Å². The lowest BCUT2D eigenvalue weighted by Gasteiger charge is -2.06. The number of rotatable bonds is 5. The largest absolute Gasteiger partial charge is 0.478 e. The maximum absolute atomic E-state index is 11.1. The van der Waals surface area contributed by atoms with Crippen molar-refractivity contribution in [3.8, 4) is 0 Å². The second-order valence-electron chi connectivity index (χ2n) is 4.35. The van der Waals surface area contributed by atoms with Gasteiger partial charge in [-0.1, -0.05) is 24.3 Å². The molecule has 0 bridgehead atoms. The van der Waals surface area contributed by atoms with Crippen LogP contribution in [0.4, 0.5) is 0 Å². The number of aromatic nitrogens is 2. The molecule has 1 heterocycles. The van der Waals surface area contributed by atoms with Crippen LogP contribution in [0.15, 0.2) is 30.5 Å². The minimum absolute atomic E-state index is 0.291. The van der Waals surface area contributed by atoms with Gasteiger partial charge in [-0.3, -0.25) is 4.68 Å². The van der Waals surface area contributed by atoms with E-state index in [2.05, 4.69) is 24.2 Å². The molecule has 2 aromatic rings. The highest BCUT2D eigenvalue weighted by molar-refractivity contribution is 7.97. The SMILES string of the molecule is Cc1ccccc1CSCc1c(C(=O)O)cnn1C. The third-order valence-electron chi connectivity index (χ3n) is 3.05. The molecule has 0 fully saturated rings. The molecule has 1 aromatic heterocycles. The Kier molecular flexibility index (Phi) is 4.27. The van der Waals surface area contributed by atoms with Crippen LogP contribution in [-0.4, -0.2) is 20.9 Å². The van der Waals surface area contributed by atoms with E-state index < -0.39 is 5.97 Å². The summed E-state index contributed by atoms with van der Waals surface area (Å²) in [5, 5.41) is 13.1. The van der Waals surface area contributed by atoms with Crippen LogP contribution < -0.4 is 0 Å². The zero-order valence-corrected chi connectivity index (χ0v) is 11.8. The van der Waals surface area contributed by atoms with E-state index in [1.54, 1.807) is 23.5 Å². The number of benzene rings is 1. The molecular formula is C14H16N2O2S. The van der Waals surface area contributed by atoms with Gasteiger partial charge in [-0.25, -0.2) is 4.79 Å².